The molecule has 0 aromatic heterocycles. The zero-order chi connectivity index (χ0) is 13.7. The molecule has 3 aliphatic rings. The summed E-state index contributed by atoms with van der Waals surface area (Å²) >= 11 is 0. The van der Waals surface area contributed by atoms with Gasteiger partial charge in [-0.2, -0.15) is 5.10 Å². The van der Waals surface area contributed by atoms with Crippen molar-refractivity contribution < 1.29 is 4.79 Å². The summed E-state index contributed by atoms with van der Waals surface area (Å²) in [6.07, 6.45) is 10.0. The summed E-state index contributed by atoms with van der Waals surface area (Å²) in [6, 6.07) is 0. The number of carbonyl (C=O) groups is 1. The number of hydrazone groups is 1. The Morgan fingerprint density at radius 3 is 2.74 bits per heavy atom. The Labute approximate surface area is 114 Å². The molecule has 0 spiro atoms. The van der Waals surface area contributed by atoms with E-state index in [1.165, 1.54) is 18.6 Å². The molecule has 0 aliphatic heterocycles. The van der Waals surface area contributed by atoms with Gasteiger partial charge in [0, 0.05) is 16.7 Å². The summed E-state index contributed by atoms with van der Waals surface area (Å²) in [7, 11) is 0. The van der Waals surface area contributed by atoms with Crippen LogP contribution >= 0.6 is 0 Å². The average molecular weight is 258 g/mol. The summed E-state index contributed by atoms with van der Waals surface area (Å²) < 4.78 is 0. The Hall–Kier alpha value is -1.38. The van der Waals surface area contributed by atoms with E-state index in [9.17, 15) is 4.79 Å². The molecule has 0 heterocycles. The van der Waals surface area contributed by atoms with E-state index < -0.39 is 0 Å². The van der Waals surface area contributed by atoms with Crippen molar-refractivity contribution in [2.24, 2.45) is 21.8 Å². The topological polar surface area (TPSA) is 41.5 Å². The molecule has 1 N–H and O–H groups in total. The Kier molecular flexibility index (Phi) is 2.70. The SMILES string of the molecule is CC12CCC(C/C1=N\NC(=O)C1=CC=CC1)C2(C)C. The van der Waals surface area contributed by atoms with Crippen molar-refractivity contribution >= 4 is 11.6 Å². The first kappa shape index (κ1) is 12.6. The molecule has 3 rings (SSSR count). The van der Waals surface area contributed by atoms with Gasteiger partial charge in [0.05, 0.1) is 0 Å². The van der Waals surface area contributed by atoms with Gasteiger partial charge in [0.15, 0.2) is 0 Å². The van der Waals surface area contributed by atoms with Crippen LogP contribution in [0.25, 0.3) is 0 Å². The zero-order valence-corrected chi connectivity index (χ0v) is 12.0. The third-order valence-electron chi connectivity index (χ3n) is 5.87. The van der Waals surface area contributed by atoms with Crippen LogP contribution in [0, 0.1) is 16.7 Å². The molecule has 0 radical (unpaired) electrons. The largest absolute Gasteiger partial charge is 0.268 e. The first-order valence-electron chi connectivity index (χ1n) is 7.18. The maximum absolute atomic E-state index is 11.9. The van der Waals surface area contributed by atoms with Gasteiger partial charge in [-0.25, -0.2) is 5.43 Å². The molecule has 0 saturated heterocycles. The Bertz CT molecular complexity index is 513. The summed E-state index contributed by atoms with van der Waals surface area (Å²) in [5.41, 5.74) is 5.22. The van der Waals surface area contributed by atoms with Crippen molar-refractivity contribution in [1.29, 1.82) is 0 Å². The van der Waals surface area contributed by atoms with E-state index in [0.717, 1.165) is 24.3 Å². The molecular formula is C16H22N2O. The number of amides is 1. The summed E-state index contributed by atoms with van der Waals surface area (Å²) in [6.45, 7) is 7.00. The average Bonchev–Trinajstić information content (AvgIpc) is 3.01. The highest BCUT2D eigenvalue weighted by molar-refractivity contribution is 5.98. The Morgan fingerprint density at radius 1 is 1.42 bits per heavy atom. The second kappa shape index (κ2) is 4.06. The molecule has 2 fully saturated rings. The molecule has 0 aromatic carbocycles. The zero-order valence-electron chi connectivity index (χ0n) is 12.0. The molecule has 3 aliphatic carbocycles. The minimum atomic E-state index is -0.0540. The molecule has 3 heteroatoms. The van der Waals surface area contributed by atoms with Crippen molar-refractivity contribution in [3.05, 3.63) is 23.8 Å². The summed E-state index contributed by atoms with van der Waals surface area (Å²) in [4.78, 5) is 11.9. The minimum absolute atomic E-state index is 0.0540. The highest BCUT2D eigenvalue weighted by atomic mass is 16.2. The molecule has 19 heavy (non-hydrogen) atoms. The van der Waals surface area contributed by atoms with Crippen molar-refractivity contribution in [1.82, 2.24) is 5.43 Å². The van der Waals surface area contributed by atoms with Crippen molar-refractivity contribution in [2.45, 2.75) is 46.5 Å². The van der Waals surface area contributed by atoms with Crippen LogP contribution in [-0.2, 0) is 4.79 Å². The van der Waals surface area contributed by atoms with Gasteiger partial charge in [0.25, 0.3) is 5.91 Å². The number of nitrogens with zero attached hydrogens (tertiary/aromatic N) is 1. The lowest BCUT2D eigenvalue weighted by Crippen LogP contribution is -2.34. The van der Waals surface area contributed by atoms with Gasteiger partial charge < -0.3 is 0 Å². The normalized spacial score (nSPS) is 36.9. The highest BCUT2D eigenvalue weighted by Gasteiger charge is 2.59. The molecule has 2 atom stereocenters. The molecule has 2 bridgehead atoms. The van der Waals surface area contributed by atoms with E-state index in [-0.39, 0.29) is 11.3 Å². The van der Waals surface area contributed by atoms with E-state index in [4.69, 9.17) is 0 Å². The van der Waals surface area contributed by atoms with Crippen LogP contribution in [-0.4, -0.2) is 11.6 Å². The second-order valence-electron chi connectivity index (χ2n) is 6.82. The fraction of sp³-hybridized carbons (Fsp3) is 0.625. The predicted octanol–water partition coefficient (Wildman–Crippen LogP) is 3.19. The van der Waals surface area contributed by atoms with Gasteiger partial charge >= 0.3 is 0 Å². The number of allylic oxidation sites excluding steroid dienone is 3. The number of rotatable bonds is 2. The smallest absolute Gasteiger partial charge is 0.267 e. The van der Waals surface area contributed by atoms with E-state index in [1.54, 1.807) is 0 Å². The number of carbonyl (C=O) groups excluding carboxylic acids is 1. The molecule has 2 saturated carbocycles. The maximum Gasteiger partial charge on any atom is 0.267 e. The first-order chi connectivity index (χ1) is 8.95. The molecule has 3 nitrogen and oxygen atoms in total. The van der Waals surface area contributed by atoms with Crippen molar-refractivity contribution in [3.8, 4) is 0 Å². The van der Waals surface area contributed by atoms with Crippen molar-refractivity contribution in [3.63, 3.8) is 0 Å². The number of hydrogen-bond acceptors (Lipinski definition) is 2. The van der Waals surface area contributed by atoms with Crippen LogP contribution in [0.4, 0.5) is 0 Å². The molecule has 1 amide bonds. The van der Waals surface area contributed by atoms with E-state index in [0.29, 0.717) is 5.41 Å². The van der Waals surface area contributed by atoms with Gasteiger partial charge in [0.2, 0.25) is 0 Å². The van der Waals surface area contributed by atoms with Crippen LogP contribution in [0.3, 0.4) is 0 Å². The Balaban J connectivity index is 1.74. The summed E-state index contributed by atoms with van der Waals surface area (Å²) in [5, 5.41) is 4.47. The van der Waals surface area contributed by atoms with Gasteiger partial charge in [-0.15, -0.1) is 0 Å². The second-order valence-corrected chi connectivity index (χ2v) is 6.82. The van der Waals surface area contributed by atoms with Crippen LogP contribution in [0.1, 0.15) is 46.5 Å². The minimum Gasteiger partial charge on any atom is -0.268 e. The quantitative estimate of drug-likeness (QED) is 0.759. The van der Waals surface area contributed by atoms with E-state index in [2.05, 4.69) is 31.3 Å². The lowest BCUT2D eigenvalue weighted by atomic mass is 9.70. The highest BCUT2D eigenvalue weighted by Crippen LogP contribution is 2.63. The molecule has 102 valence electrons. The first-order valence-corrected chi connectivity index (χ1v) is 7.18. The molecule has 0 aromatic rings. The molecular weight excluding hydrogens is 236 g/mol. The van der Waals surface area contributed by atoms with E-state index in [1.807, 2.05) is 18.2 Å². The van der Waals surface area contributed by atoms with Gasteiger partial charge in [-0.1, -0.05) is 39.0 Å². The molecule has 2 unspecified atom stereocenters. The lowest BCUT2D eigenvalue weighted by Gasteiger charge is -2.34. The third kappa shape index (κ3) is 1.71. The van der Waals surface area contributed by atoms with Crippen molar-refractivity contribution in [2.75, 3.05) is 0 Å². The summed E-state index contributed by atoms with van der Waals surface area (Å²) in [5.74, 6) is 0.669. The maximum atomic E-state index is 11.9. The van der Waals surface area contributed by atoms with Crippen LogP contribution in [0.5, 0.6) is 0 Å². The van der Waals surface area contributed by atoms with E-state index >= 15 is 0 Å². The standard InChI is InChI=1S/C16H22N2O/c1-15(2)12-8-9-16(15,3)13(10-12)17-18-14(19)11-6-4-5-7-11/h4-6,12H,7-10H2,1-3H3,(H,18,19)/b17-13+. The Morgan fingerprint density at radius 2 is 2.21 bits per heavy atom. The third-order valence-corrected chi connectivity index (χ3v) is 5.87. The number of hydrogen-bond donors (Lipinski definition) is 1. The number of fused-ring (bicyclic) bond motifs is 2. The van der Waals surface area contributed by atoms with Crippen LogP contribution in [0.15, 0.2) is 28.9 Å². The predicted molar refractivity (Wildman–Crippen MR) is 76.6 cm³/mol. The number of nitrogens with one attached hydrogen (secondary N) is 1. The fourth-order valence-electron chi connectivity index (χ4n) is 3.90. The lowest BCUT2D eigenvalue weighted by molar-refractivity contribution is -0.117. The van der Waals surface area contributed by atoms with Crippen LogP contribution in [0.2, 0.25) is 0 Å². The van der Waals surface area contributed by atoms with Gasteiger partial charge in [-0.05, 0) is 37.0 Å². The van der Waals surface area contributed by atoms with Gasteiger partial charge in [-0.3, -0.25) is 4.79 Å². The van der Waals surface area contributed by atoms with Gasteiger partial charge in [0.1, 0.15) is 0 Å². The fourth-order valence-corrected chi connectivity index (χ4v) is 3.90. The van der Waals surface area contributed by atoms with Crippen LogP contribution < -0.4 is 5.43 Å². The monoisotopic (exact) mass is 258 g/mol.